The molecule has 1 saturated carbocycles. The van der Waals surface area contributed by atoms with Crippen molar-refractivity contribution < 1.29 is 4.79 Å². The van der Waals surface area contributed by atoms with Gasteiger partial charge in [0.05, 0.1) is 11.9 Å². The molecule has 1 aliphatic carbocycles. The minimum atomic E-state index is -0.618. The van der Waals surface area contributed by atoms with Crippen LogP contribution in [0.3, 0.4) is 0 Å². The molecule has 1 aromatic heterocycles. The number of primary amides is 1. The largest absolute Gasteiger partial charge is 0.365 e. The molecule has 0 unspecified atom stereocenters. The number of nitrogens with two attached hydrogens (primary N) is 2. The molecule has 0 bridgehead atoms. The van der Waals surface area contributed by atoms with E-state index in [9.17, 15) is 4.79 Å². The molecule has 10 nitrogen and oxygen atoms in total. The van der Waals surface area contributed by atoms with Gasteiger partial charge in [-0.05, 0) is 43.9 Å². The summed E-state index contributed by atoms with van der Waals surface area (Å²) in [5.74, 6) is 0.137. The van der Waals surface area contributed by atoms with Gasteiger partial charge in [-0.3, -0.25) is 10.2 Å². The molecule has 0 radical (unpaired) electrons. The van der Waals surface area contributed by atoms with Crippen molar-refractivity contribution in [2.45, 2.75) is 37.8 Å². The van der Waals surface area contributed by atoms with Crippen molar-refractivity contribution >= 4 is 41.5 Å². The molecule has 1 fully saturated rings. The number of benzene rings is 1. The van der Waals surface area contributed by atoms with Gasteiger partial charge < -0.3 is 27.5 Å². The summed E-state index contributed by atoms with van der Waals surface area (Å²) < 4.78 is 0. The van der Waals surface area contributed by atoms with Crippen LogP contribution in [0, 0.1) is 5.41 Å². The Bertz CT molecular complexity index is 891. The van der Waals surface area contributed by atoms with Gasteiger partial charge in [-0.2, -0.15) is 10.1 Å². The third kappa shape index (κ3) is 5.72. The smallest absolute Gasteiger partial charge is 0.254 e. The van der Waals surface area contributed by atoms with Gasteiger partial charge in [-0.15, -0.1) is 0 Å². The van der Waals surface area contributed by atoms with E-state index < -0.39 is 5.91 Å². The summed E-state index contributed by atoms with van der Waals surface area (Å²) in [4.78, 5) is 20.5. The van der Waals surface area contributed by atoms with E-state index in [4.69, 9.17) is 16.9 Å². The van der Waals surface area contributed by atoms with E-state index in [1.165, 1.54) is 12.4 Å². The summed E-state index contributed by atoms with van der Waals surface area (Å²) in [5.41, 5.74) is 15.8. The van der Waals surface area contributed by atoms with E-state index >= 15 is 0 Å². The van der Waals surface area contributed by atoms with E-state index in [0.717, 1.165) is 31.9 Å². The van der Waals surface area contributed by atoms with Crippen LogP contribution in [0.1, 0.15) is 36.0 Å². The summed E-state index contributed by atoms with van der Waals surface area (Å²) in [7, 11) is 0. The molecule has 1 aromatic carbocycles. The van der Waals surface area contributed by atoms with Crippen LogP contribution in [0.25, 0.3) is 0 Å². The Labute approximate surface area is 168 Å². The maximum atomic E-state index is 11.8. The number of hydrogen-bond donors (Lipinski definition) is 6. The monoisotopic (exact) mass is 395 g/mol. The molecule has 0 saturated heterocycles. The number of nitrogens with zero attached hydrogens (tertiary/aromatic N) is 3. The lowest BCUT2D eigenvalue weighted by Crippen LogP contribution is -2.33. The maximum absolute atomic E-state index is 11.8. The van der Waals surface area contributed by atoms with Crippen LogP contribution in [0.5, 0.6) is 0 Å². The summed E-state index contributed by atoms with van der Waals surface area (Å²) in [5, 5.41) is 17.3. The molecule has 2 aromatic rings. The van der Waals surface area contributed by atoms with E-state index in [0.29, 0.717) is 23.1 Å². The third-order valence-electron chi connectivity index (χ3n) is 4.63. The molecular formula is C19H25N9O. The van der Waals surface area contributed by atoms with Crippen LogP contribution in [-0.2, 0) is 0 Å². The normalized spacial score (nSPS) is 18.9. The number of nitrogens with one attached hydrogen (secondary N) is 4. The number of carbonyl (C=O) groups is 1. The fourth-order valence-corrected chi connectivity index (χ4v) is 3.13. The van der Waals surface area contributed by atoms with Crippen molar-refractivity contribution in [1.29, 1.82) is 5.41 Å². The topological polar surface area (TPSA) is 167 Å². The van der Waals surface area contributed by atoms with Gasteiger partial charge >= 0.3 is 0 Å². The highest BCUT2D eigenvalue weighted by atomic mass is 16.1. The van der Waals surface area contributed by atoms with Gasteiger partial charge in [0.25, 0.3) is 5.91 Å². The lowest BCUT2D eigenvalue weighted by molar-refractivity contribution is 0.100. The van der Waals surface area contributed by atoms with E-state index in [2.05, 4.69) is 31.1 Å². The first kappa shape index (κ1) is 20.2. The first-order valence-electron chi connectivity index (χ1n) is 9.39. The van der Waals surface area contributed by atoms with Crippen LogP contribution in [0.2, 0.25) is 0 Å². The Morgan fingerprint density at radius 2 is 2.00 bits per heavy atom. The molecule has 1 amide bonds. The molecule has 0 atom stereocenters. The Kier molecular flexibility index (Phi) is 6.69. The number of carbonyl (C=O) groups excluding carboxylic acids is 1. The average molecular weight is 395 g/mol. The van der Waals surface area contributed by atoms with Gasteiger partial charge in [-0.25, -0.2) is 4.98 Å². The Hall–Kier alpha value is -3.53. The summed E-state index contributed by atoms with van der Waals surface area (Å²) in [6, 6.07) is 7.77. The molecule has 152 valence electrons. The predicted molar refractivity (Wildman–Crippen MR) is 115 cm³/mol. The van der Waals surface area contributed by atoms with Gasteiger partial charge in [-0.1, -0.05) is 6.07 Å². The zero-order chi connectivity index (χ0) is 20.6. The quantitative estimate of drug-likeness (QED) is 0.294. The number of hydrogen-bond acceptors (Lipinski definition) is 9. The van der Waals surface area contributed by atoms with Crippen molar-refractivity contribution in [1.82, 2.24) is 9.97 Å². The highest BCUT2D eigenvalue weighted by Crippen LogP contribution is 2.24. The molecule has 1 aliphatic rings. The van der Waals surface area contributed by atoms with Crippen LogP contribution >= 0.6 is 0 Å². The van der Waals surface area contributed by atoms with Crippen LogP contribution in [-0.4, -0.2) is 40.4 Å². The summed E-state index contributed by atoms with van der Waals surface area (Å²) in [6.45, 7) is 0. The Morgan fingerprint density at radius 1 is 1.24 bits per heavy atom. The molecule has 1 heterocycles. The second kappa shape index (κ2) is 9.60. The van der Waals surface area contributed by atoms with Gasteiger partial charge in [0.1, 0.15) is 11.4 Å². The molecular weight excluding hydrogens is 370 g/mol. The highest BCUT2D eigenvalue weighted by molar-refractivity contribution is 6.14. The van der Waals surface area contributed by atoms with E-state index in [-0.39, 0.29) is 17.6 Å². The molecule has 8 N–H and O–H groups in total. The van der Waals surface area contributed by atoms with Crippen LogP contribution in [0.4, 0.5) is 23.1 Å². The Morgan fingerprint density at radius 3 is 2.72 bits per heavy atom. The molecule has 0 spiro atoms. The maximum Gasteiger partial charge on any atom is 0.254 e. The number of aromatic nitrogens is 2. The van der Waals surface area contributed by atoms with Crippen LogP contribution < -0.4 is 27.5 Å². The Balaban J connectivity index is 1.78. The van der Waals surface area contributed by atoms with Crippen molar-refractivity contribution in [2.75, 3.05) is 16.1 Å². The second-order valence-corrected chi connectivity index (χ2v) is 6.84. The molecule has 29 heavy (non-hydrogen) atoms. The SMILES string of the molecule is N=C/C=N\Nc1cccc(Nc2nc(NC3CCC(N)CC3)ncc2C(N)=O)c1. The zero-order valence-corrected chi connectivity index (χ0v) is 15.9. The average Bonchev–Trinajstić information content (AvgIpc) is 2.70. The van der Waals surface area contributed by atoms with Crippen molar-refractivity contribution in [3.8, 4) is 0 Å². The summed E-state index contributed by atoms with van der Waals surface area (Å²) >= 11 is 0. The van der Waals surface area contributed by atoms with E-state index in [1.807, 2.05) is 18.2 Å². The standard InChI is InChI=1S/C19H25N9O/c20-8-9-24-28-15-3-1-2-14(10-15)25-18-16(17(22)29)11-23-19(27-18)26-13-6-4-12(21)5-7-13/h1-3,8-13,20,28H,4-7,21H2,(H2,22,29)(H2,23,25,26,27)/b20-8?,24-9-. The van der Waals surface area contributed by atoms with Crippen molar-refractivity contribution in [3.63, 3.8) is 0 Å². The van der Waals surface area contributed by atoms with E-state index in [1.54, 1.807) is 6.07 Å². The fourth-order valence-electron chi connectivity index (χ4n) is 3.13. The molecule has 3 rings (SSSR count). The third-order valence-corrected chi connectivity index (χ3v) is 4.63. The second-order valence-electron chi connectivity index (χ2n) is 6.84. The number of anilines is 4. The lowest BCUT2D eigenvalue weighted by atomic mass is 9.92. The van der Waals surface area contributed by atoms with Crippen molar-refractivity contribution in [3.05, 3.63) is 36.0 Å². The van der Waals surface area contributed by atoms with Crippen LogP contribution in [0.15, 0.2) is 35.6 Å². The fraction of sp³-hybridized carbons (Fsp3) is 0.316. The van der Waals surface area contributed by atoms with Crippen molar-refractivity contribution in [2.24, 2.45) is 16.6 Å². The zero-order valence-electron chi connectivity index (χ0n) is 15.9. The molecule has 10 heteroatoms. The minimum Gasteiger partial charge on any atom is -0.365 e. The minimum absolute atomic E-state index is 0.196. The first-order chi connectivity index (χ1) is 14.0. The van der Waals surface area contributed by atoms with Gasteiger partial charge in [0, 0.05) is 30.2 Å². The number of hydrazone groups is 1. The van der Waals surface area contributed by atoms with Gasteiger partial charge in [0.2, 0.25) is 5.95 Å². The highest BCUT2D eigenvalue weighted by Gasteiger charge is 2.20. The molecule has 0 aliphatic heterocycles. The number of rotatable bonds is 8. The summed E-state index contributed by atoms with van der Waals surface area (Å²) in [6.07, 6.45) is 7.65. The number of amides is 1. The lowest BCUT2D eigenvalue weighted by Gasteiger charge is -2.26. The first-order valence-corrected chi connectivity index (χ1v) is 9.39. The van der Waals surface area contributed by atoms with Gasteiger partial charge in [0.15, 0.2) is 0 Å². The predicted octanol–water partition coefficient (Wildman–Crippen LogP) is 2.05.